The summed E-state index contributed by atoms with van der Waals surface area (Å²) in [5, 5.41) is 6.51. The van der Waals surface area contributed by atoms with Gasteiger partial charge in [0.05, 0.1) is 22.0 Å². The molecule has 9 nitrogen and oxygen atoms in total. The van der Waals surface area contributed by atoms with Crippen molar-refractivity contribution in [1.29, 1.82) is 0 Å². The molecule has 1 aromatic rings. The Morgan fingerprint density at radius 3 is 2.55 bits per heavy atom. The number of nitrogens with one attached hydrogen (secondary N) is 2. The van der Waals surface area contributed by atoms with Gasteiger partial charge in [-0.25, -0.2) is 0 Å². The molecule has 2 aliphatic heterocycles. The van der Waals surface area contributed by atoms with Crippen molar-refractivity contribution in [1.82, 2.24) is 15.5 Å². The van der Waals surface area contributed by atoms with Crippen molar-refractivity contribution in [2.24, 2.45) is 17.3 Å². The zero-order chi connectivity index (χ0) is 28.7. The van der Waals surface area contributed by atoms with Gasteiger partial charge in [0.25, 0.3) is 5.91 Å². The summed E-state index contributed by atoms with van der Waals surface area (Å²) in [6.07, 6.45) is 4.02. The number of hydrogen-bond donors (Lipinski definition) is 2. The molecule has 5 fully saturated rings. The molecule has 2 N–H and O–H groups in total. The summed E-state index contributed by atoms with van der Waals surface area (Å²) in [5.74, 6) is -1.74. The molecule has 2 saturated heterocycles. The van der Waals surface area contributed by atoms with Crippen LogP contribution in [0.25, 0.3) is 0 Å². The quantitative estimate of drug-likeness (QED) is 0.347. The number of benzene rings is 1. The van der Waals surface area contributed by atoms with Crippen LogP contribution >= 0.6 is 11.6 Å². The summed E-state index contributed by atoms with van der Waals surface area (Å²) in [7, 11) is 0. The second-order valence-electron chi connectivity index (χ2n) is 12.8. The number of fused-ring (bicyclic) bond motifs is 2. The first-order chi connectivity index (χ1) is 19.0. The number of amides is 3. The van der Waals surface area contributed by atoms with Gasteiger partial charge in [0, 0.05) is 25.0 Å². The Labute approximate surface area is 239 Å². The molecule has 2 heterocycles. The second kappa shape index (κ2) is 9.18. The maximum atomic E-state index is 14.2. The lowest BCUT2D eigenvalue weighted by Gasteiger charge is -2.32. The summed E-state index contributed by atoms with van der Waals surface area (Å²) in [6.45, 7) is 8.96. The zero-order valence-electron chi connectivity index (χ0n) is 23.6. The first-order valence-electron chi connectivity index (χ1n) is 14.5. The largest absolute Gasteiger partial charge is 0.453 e. The van der Waals surface area contributed by atoms with E-state index in [-0.39, 0.29) is 35.7 Å². The van der Waals surface area contributed by atoms with Gasteiger partial charge < -0.3 is 25.0 Å². The van der Waals surface area contributed by atoms with Crippen molar-refractivity contribution in [3.63, 3.8) is 0 Å². The van der Waals surface area contributed by atoms with E-state index in [4.69, 9.17) is 21.1 Å². The van der Waals surface area contributed by atoms with Gasteiger partial charge in [-0.3, -0.25) is 19.2 Å². The Kier molecular flexibility index (Phi) is 6.31. The first kappa shape index (κ1) is 27.5. The van der Waals surface area contributed by atoms with Crippen LogP contribution in [0.15, 0.2) is 24.3 Å². The summed E-state index contributed by atoms with van der Waals surface area (Å²) in [5.41, 5.74) is -2.94. The van der Waals surface area contributed by atoms with E-state index in [0.29, 0.717) is 49.4 Å². The van der Waals surface area contributed by atoms with Crippen molar-refractivity contribution in [3.05, 3.63) is 34.9 Å². The Morgan fingerprint density at radius 1 is 1.18 bits per heavy atom. The van der Waals surface area contributed by atoms with Gasteiger partial charge in [0.1, 0.15) is 17.7 Å². The SMILES string of the molecule is CCCCOC1CC12OC(=O)C1CC12NC(=O)[C@@H]1CCCN1C(=O)C1(NC(=O)c2ccccc2Cl)C(C)C1(C)C. The smallest absolute Gasteiger partial charge is 0.312 e. The van der Waals surface area contributed by atoms with Crippen LogP contribution in [0.2, 0.25) is 5.02 Å². The van der Waals surface area contributed by atoms with Crippen molar-refractivity contribution in [2.75, 3.05) is 13.2 Å². The minimum Gasteiger partial charge on any atom is -0.453 e. The average Bonchev–Trinajstić information content (AvgIpc) is 3.80. The van der Waals surface area contributed by atoms with Crippen LogP contribution in [0.5, 0.6) is 0 Å². The number of carbonyl (C=O) groups excluding carboxylic acids is 4. The fraction of sp³-hybridized carbons (Fsp3) is 0.667. The molecular weight excluding hydrogens is 534 g/mol. The molecule has 3 saturated carbocycles. The number of likely N-dealkylation sites (tertiary alicyclic amines) is 1. The minimum atomic E-state index is -1.16. The van der Waals surface area contributed by atoms with E-state index < -0.39 is 34.0 Å². The van der Waals surface area contributed by atoms with E-state index in [2.05, 4.69) is 17.6 Å². The molecule has 3 aliphatic carbocycles. The molecule has 0 radical (unpaired) electrons. The van der Waals surface area contributed by atoms with Gasteiger partial charge in [0.2, 0.25) is 11.8 Å². The minimum absolute atomic E-state index is 0.147. The summed E-state index contributed by atoms with van der Waals surface area (Å²) in [4.78, 5) is 55.5. The maximum absolute atomic E-state index is 14.2. The summed E-state index contributed by atoms with van der Waals surface area (Å²) >= 11 is 6.28. The lowest BCUT2D eigenvalue weighted by molar-refractivity contribution is -0.150. The van der Waals surface area contributed by atoms with Gasteiger partial charge in [-0.15, -0.1) is 0 Å². The lowest BCUT2D eigenvalue weighted by Crippen LogP contribution is -2.59. The monoisotopic (exact) mass is 571 g/mol. The third-order valence-corrected chi connectivity index (χ3v) is 10.9. The Bertz CT molecular complexity index is 1290. The van der Waals surface area contributed by atoms with Gasteiger partial charge in [-0.2, -0.15) is 0 Å². The molecule has 6 rings (SSSR count). The van der Waals surface area contributed by atoms with E-state index in [0.717, 1.165) is 12.8 Å². The van der Waals surface area contributed by atoms with E-state index in [1.165, 1.54) is 0 Å². The normalized spacial score (nSPS) is 38.0. The molecule has 216 valence electrons. The van der Waals surface area contributed by atoms with Crippen LogP contribution in [0.1, 0.15) is 76.6 Å². The first-order valence-corrected chi connectivity index (χ1v) is 14.9. The van der Waals surface area contributed by atoms with Gasteiger partial charge in [0.15, 0.2) is 5.60 Å². The van der Waals surface area contributed by atoms with Crippen LogP contribution in [0.4, 0.5) is 0 Å². The molecule has 0 bridgehead atoms. The molecule has 1 aromatic carbocycles. The number of halogens is 1. The number of unbranched alkanes of at least 4 members (excludes halogenated alkanes) is 1. The molecule has 10 heteroatoms. The highest BCUT2D eigenvalue weighted by Gasteiger charge is 2.87. The highest BCUT2D eigenvalue weighted by atomic mass is 35.5. The van der Waals surface area contributed by atoms with E-state index in [1.807, 2.05) is 20.8 Å². The molecule has 0 aromatic heterocycles. The number of hydrogen-bond acceptors (Lipinski definition) is 6. The van der Waals surface area contributed by atoms with Crippen molar-refractivity contribution in [3.8, 4) is 0 Å². The Balaban J connectivity index is 1.19. The van der Waals surface area contributed by atoms with Crippen LogP contribution in [-0.2, 0) is 23.9 Å². The molecule has 6 unspecified atom stereocenters. The molecule has 7 atom stereocenters. The number of carbonyl (C=O) groups is 4. The Hall–Kier alpha value is -2.65. The van der Waals surface area contributed by atoms with Crippen LogP contribution in [0.3, 0.4) is 0 Å². The molecular formula is C30H38ClN3O6. The van der Waals surface area contributed by atoms with Crippen LogP contribution < -0.4 is 10.6 Å². The summed E-state index contributed by atoms with van der Waals surface area (Å²) < 4.78 is 11.8. The van der Waals surface area contributed by atoms with Crippen molar-refractivity contribution in [2.45, 2.75) is 95.0 Å². The Morgan fingerprint density at radius 2 is 1.90 bits per heavy atom. The molecule has 3 amide bonds. The fourth-order valence-electron chi connectivity index (χ4n) is 7.47. The van der Waals surface area contributed by atoms with Gasteiger partial charge >= 0.3 is 5.97 Å². The second-order valence-corrected chi connectivity index (χ2v) is 13.2. The standard InChI is InChI=1S/C30H38ClN3O6/c1-5-6-14-39-22-16-29(22)28(15-19(28)25(37)40-29)32-24(36)21-12-9-13-34(21)26(38)30(17(2)27(30,3)4)33-23(35)18-10-7-8-11-20(18)31/h7-8,10-11,17,19,21-22H,5-6,9,12-16H2,1-4H3,(H,32,36)(H,33,35)/t17?,19?,21-,22?,28?,29?,30?/m0/s1. The zero-order valence-corrected chi connectivity index (χ0v) is 24.3. The van der Waals surface area contributed by atoms with Crippen LogP contribution in [0, 0.1) is 17.3 Å². The third kappa shape index (κ3) is 3.69. The molecule has 40 heavy (non-hydrogen) atoms. The highest BCUT2D eigenvalue weighted by molar-refractivity contribution is 6.34. The van der Waals surface area contributed by atoms with Gasteiger partial charge in [-0.1, -0.05) is 57.8 Å². The van der Waals surface area contributed by atoms with E-state index >= 15 is 0 Å². The summed E-state index contributed by atoms with van der Waals surface area (Å²) in [6, 6.07) is 6.06. The third-order valence-electron chi connectivity index (χ3n) is 10.5. The van der Waals surface area contributed by atoms with Gasteiger partial charge in [-0.05, 0) is 43.7 Å². The average molecular weight is 572 g/mol. The maximum Gasteiger partial charge on any atom is 0.312 e. The van der Waals surface area contributed by atoms with Crippen LogP contribution in [-0.4, -0.2) is 70.6 Å². The van der Waals surface area contributed by atoms with Crippen molar-refractivity contribution >= 4 is 35.3 Å². The predicted molar refractivity (Wildman–Crippen MR) is 146 cm³/mol. The number of nitrogens with zero attached hydrogens (tertiary/aromatic N) is 1. The molecule has 1 spiro atoms. The van der Waals surface area contributed by atoms with E-state index in [9.17, 15) is 19.2 Å². The fourth-order valence-corrected chi connectivity index (χ4v) is 7.69. The predicted octanol–water partition coefficient (Wildman–Crippen LogP) is 3.24. The lowest BCUT2D eigenvalue weighted by atomic mass is 10.0. The highest BCUT2D eigenvalue weighted by Crippen LogP contribution is 2.69. The number of esters is 1. The number of rotatable bonds is 9. The van der Waals surface area contributed by atoms with E-state index in [1.54, 1.807) is 29.2 Å². The van der Waals surface area contributed by atoms with Crippen molar-refractivity contribution < 1.29 is 28.7 Å². The number of ether oxygens (including phenoxy) is 2. The molecule has 5 aliphatic rings. The topological polar surface area (TPSA) is 114 Å².